The van der Waals surface area contributed by atoms with E-state index in [9.17, 15) is 4.79 Å². The molecule has 0 aliphatic carbocycles. The molecule has 1 aromatic carbocycles. The van der Waals surface area contributed by atoms with Crippen molar-refractivity contribution in [3.63, 3.8) is 0 Å². The van der Waals surface area contributed by atoms with Gasteiger partial charge in [0.15, 0.2) is 0 Å². The minimum atomic E-state index is -0.259. The first kappa shape index (κ1) is 16.4. The predicted molar refractivity (Wildman–Crippen MR) is 84.5 cm³/mol. The van der Waals surface area contributed by atoms with Gasteiger partial charge in [0.05, 0.1) is 5.56 Å². The number of halogens is 1. The Labute approximate surface area is 128 Å². The van der Waals surface area contributed by atoms with Crippen molar-refractivity contribution < 1.29 is 4.79 Å². The number of carbonyl (C=O) groups excluding carboxylic acids is 1. The topological polar surface area (TPSA) is 80.9 Å². The maximum absolute atomic E-state index is 12.0. The Hall–Kier alpha value is -1.66. The van der Waals surface area contributed by atoms with E-state index in [1.807, 2.05) is 0 Å². The molecule has 1 heterocycles. The predicted octanol–water partition coefficient (Wildman–Crippen LogP) is 2.99. The van der Waals surface area contributed by atoms with E-state index in [2.05, 4.69) is 29.4 Å². The molecule has 0 aliphatic rings. The third-order valence-electron chi connectivity index (χ3n) is 2.48. The molecule has 0 atom stereocenters. The molecule has 0 saturated heterocycles. The van der Waals surface area contributed by atoms with Crippen molar-refractivity contribution in [2.75, 3.05) is 11.1 Å². The van der Waals surface area contributed by atoms with Crippen LogP contribution in [0, 0.1) is 5.92 Å². The lowest BCUT2D eigenvalue weighted by molar-refractivity contribution is 0.102. The molecule has 108 valence electrons. The van der Waals surface area contributed by atoms with E-state index in [-0.39, 0.29) is 18.3 Å². The SMILES string of the molecule is CC(C)Cc1nnc(NC(=O)c2ccccc2N)s1.Cl. The molecule has 0 fully saturated rings. The normalized spacial score (nSPS) is 10.2. The van der Waals surface area contributed by atoms with Crippen molar-refractivity contribution in [2.24, 2.45) is 5.92 Å². The van der Waals surface area contributed by atoms with E-state index in [0.717, 1.165) is 11.4 Å². The highest BCUT2D eigenvalue weighted by atomic mass is 35.5. The molecule has 2 aromatic rings. The van der Waals surface area contributed by atoms with E-state index in [1.165, 1.54) is 11.3 Å². The summed E-state index contributed by atoms with van der Waals surface area (Å²) in [6, 6.07) is 6.94. The summed E-state index contributed by atoms with van der Waals surface area (Å²) in [6.45, 7) is 4.23. The molecule has 3 N–H and O–H groups in total. The largest absolute Gasteiger partial charge is 0.398 e. The molecular weight excluding hydrogens is 296 g/mol. The van der Waals surface area contributed by atoms with Crippen molar-refractivity contribution in [3.8, 4) is 0 Å². The highest BCUT2D eigenvalue weighted by molar-refractivity contribution is 7.15. The zero-order chi connectivity index (χ0) is 13.8. The minimum Gasteiger partial charge on any atom is -0.398 e. The monoisotopic (exact) mass is 312 g/mol. The Morgan fingerprint density at radius 3 is 2.70 bits per heavy atom. The molecule has 2 rings (SSSR count). The van der Waals surface area contributed by atoms with Gasteiger partial charge < -0.3 is 5.73 Å². The lowest BCUT2D eigenvalue weighted by Gasteiger charge is -2.03. The standard InChI is InChI=1S/C13H16N4OS.ClH/c1-8(2)7-11-16-17-13(19-11)15-12(18)9-5-3-4-6-10(9)14;/h3-6,8H,7,14H2,1-2H3,(H,15,17,18);1H. The second kappa shape index (κ2) is 7.21. The van der Waals surface area contributed by atoms with E-state index >= 15 is 0 Å². The summed E-state index contributed by atoms with van der Waals surface area (Å²) in [5, 5.41) is 12.2. The van der Waals surface area contributed by atoms with Crippen molar-refractivity contribution in [1.82, 2.24) is 10.2 Å². The van der Waals surface area contributed by atoms with Crippen LogP contribution in [0.4, 0.5) is 10.8 Å². The lowest BCUT2D eigenvalue weighted by atomic mass is 10.1. The molecule has 1 aromatic heterocycles. The van der Waals surface area contributed by atoms with Crippen LogP contribution in [0.15, 0.2) is 24.3 Å². The first-order chi connectivity index (χ1) is 9.06. The smallest absolute Gasteiger partial charge is 0.259 e. The number of nitrogen functional groups attached to an aromatic ring is 1. The first-order valence-electron chi connectivity index (χ1n) is 6.04. The molecule has 20 heavy (non-hydrogen) atoms. The summed E-state index contributed by atoms with van der Waals surface area (Å²) in [7, 11) is 0. The van der Waals surface area contributed by atoms with Crippen LogP contribution in [0.5, 0.6) is 0 Å². The van der Waals surface area contributed by atoms with Gasteiger partial charge in [0.1, 0.15) is 5.01 Å². The van der Waals surface area contributed by atoms with Crippen LogP contribution in [-0.4, -0.2) is 16.1 Å². The molecular formula is C13H17ClN4OS. The molecule has 0 bridgehead atoms. The number of carbonyl (C=O) groups is 1. The van der Waals surface area contributed by atoms with E-state index in [0.29, 0.717) is 22.3 Å². The molecule has 0 unspecified atom stereocenters. The van der Waals surface area contributed by atoms with Gasteiger partial charge in [-0.3, -0.25) is 10.1 Å². The summed E-state index contributed by atoms with van der Waals surface area (Å²) >= 11 is 1.40. The molecule has 5 nitrogen and oxygen atoms in total. The number of hydrogen-bond acceptors (Lipinski definition) is 5. The summed E-state index contributed by atoms with van der Waals surface area (Å²) in [4.78, 5) is 12.0. The molecule has 0 spiro atoms. The third-order valence-corrected chi connectivity index (χ3v) is 3.34. The first-order valence-corrected chi connectivity index (χ1v) is 6.86. The molecule has 0 radical (unpaired) electrons. The Morgan fingerprint density at radius 1 is 1.35 bits per heavy atom. The Bertz CT molecular complexity index is 585. The van der Waals surface area contributed by atoms with E-state index in [1.54, 1.807) is 24.3 Å². The Morgan fingerprint density at radius 2 is 2.05 bits per heavy atom. The van der Waals surface area contributed by atoms with Crippen LogP contribution in [-0.2, 0) is 6.42 Å². The number of rotatable bonds is 4. The van der Waals surface area contributed by atoms with Gasteiger partial charge in [0.2, 0.25) is 5.13 Å². The van der Waals surface area contributed by atoms with E-state index < -0.39 is 0 Å². The van der Waals surface area contributed by atoms with Crippen LogP contribution < -0.4 is 11.1 Å². The Balaban J connectivity index is 0.00000200. The minimum absolute atomic E-state index is 0. The van der Waals surface area contributed by atoms with Crippen LogP contribution in [0.1, 0.15) is 29.2 Å². The number of aromatic nitrogens is 2. The fourth-order valence-corrected chi connectivity index (χ4v) is 2.55. The lowest BCUT2D eigenvalue weighted by Crippen LogP contribution is -2.13. The molecule has 0 saturated carbocycles. The quantitative estimate of drug-likeness (QED) is 0.850. The summed E-state index contributed by atoms with van der Waals surface area (Å²) in [6.07, 6.45) is 0.862. The number of nitrogens with one attached hydrogen (secondary N) is 1. The maximum atomic E-state index is 12.0. The van der Waals surface area contributed by atoms with Gasteiger partial charge >= 0.3 is 0 Å². The van der Waals surface area contributed by atoms with Crippen molar-refractivity contribution in [1.29, 1.82) is 0 Å². The fourth-order valence-electron chi connectivity index (χ4n) is 1.60. The van der Waals surface area contributed by atoms with Crippen molar-refractivity contribution in [3.05, 3.63) is 34.8 Å². The number of para-hydroxylation sites is 1. The van der Waals surface area contributed by atoms with Crippen LogP contribution in [0.3, 0.4) is 0 Å². The number of nitrogens with two attached hydrogens (primary N) is 1. The van der Waals surface area contributed by atoms with Crippen LogP contribution in [0.25, 0.3) is 0 Å². The summed E-state index contributed by atoms with van der Waals surface area (Å²) in [5.41, 5.74) is 6.65. The van der Waals surface area contributed by atoms with Gasteiger partial charge in [-0.15, -0.1) is 22.6 Å². The van der Waals surface area contributed by atoms with Crippen molar-refractivity contribution >= 4 is 40.5 Å². The van der Waals surface area contributed by atoms with Gasteiger partial charge in [-0.1, -0.05) is 37.3 Å². The Kier molecular flexibility index (Phi) is 5.91. The number of benzene rings is 1. The third kappa shape index (κ3) is 4.18. The molecule has 1 amide bonds. The molecule has 0 aliphatic heterocycles. The highest BCUT2D eigenvalue weighted by Gasteiger charge is 2.12. The van der Waals surface area contributed by atoms with Gasteiger partial charge in [0, 0.05) is 12.1 Å². The number of amides is 1. The number of hydrogen-bond donors (Lipinski definition) is 2. The number of nitrogens with zero attached hydrogens (tertiary/aromatic N) is 2. The van der Waals surface area contributed by atoms with E-state index in [4.69, 9.17) is 5.73 Å². The van der Waals surface area contributed by atoms with Gasteiger partial charge in [0.25, 0.3) is 5.91 Å². The zero-order valence-corrected chi connectivity index (χ0v) is 12.9. The average Bonchev–Trinajstić information content (AvgIpc) is 2.76. The van der Waals surface area contributed by atoms with Gasteiger partial charge in [-0.2, -0.15) is 0 Å². The fraction of sp³-hybridized carbons (Fsp3) is 0.308. The molecule has 7 heteroatoms. The van der Waals surface area contributed by atoms with Gasteiger partial charge in [-0.05, 0) is 18.1 Å². The second-order valence-corrected chi connectivity index (χ2v) is 5.70. The summed E-state index contributed by atoms with van der Waals surface area (Å²) in [5.74, 6) is 0.256. The zero-order valence-electron chi connectivity index (χ0n) is 11.3. The number of anilines is 2. The van der Waals surface area contributed by atoms with Crippen LogP contribution >= 0.6 is 23.7 Å². The average molecular weight is 313 g/mol. The summed E-state index contributed by atoms with van der Waals surface area (Å²) < 4.78 is 0. The van der Waals surface area contributed by atoms with Crippen molar-refractivity contribution in [2.45, 2.75) is 20.3 Å². The van der Waals surface area contributed by atoms with Crippen LogP contribution in [0.2, 0.25) is 0 Å². The highest BCUT2D eigenvalue weighted by Crippen LogP contribution is 2.20. The maximum Gasteiger partial charge on any atom is 0.259 e. The van der Waals surface area contributed by atoms with Gasteiger partial charge in [-0.25, -0.2) is 0 Å². The second-order valence-electron chi connectivity index (χ2n) is 4.64.